The van der Waals surface area contributed by atoms with Gasteiger partial charge < -0.3 is 4.74 Å². The number of nitrogens with zero attached hydrogens (tertiary/aromatic N) is 1. The molecule has 1 aliphatic rings. The summed E-state index contributed by atoms with van der Waals surface area (Å²) in [5, 5.41) is 0. The molecule has 0 spiro atoms. The van der Waals surface area contributed by atoms with Crippen molar-refractivity contribution in [2.75, 3.05) is 13.2 Å². The van der Waals surface area contributed by atoms with E-state index in [2.05, 4.69) is 0 Å². The molecule has 0 unspecified atom stereocenters. The molecule has 1 heterocycles. The van der Waals surface area contributed by atoms with Gasteiger partial charge >= 0.3 is 5.97 Å². The zero-order valence-corrected chi connectivity index (χ0v) is 12.8. The van der Waals surface area contributed by atoms with Crippen LogP contribution >= 0.6 is 0 Å². The summed E-state index contributed by atoms with van der Waals surface area (Å²) >= 11 is 0. The second-order valence-electron chi connectivity index (χ2n) is 5.01. The number of hydrogen-bond acceptors (Lipinski definition) is 4. The standard InChI is InChI=1S/C17H19NO4/c1-3-5-10-22-15(19)9-7-12-6-8-13-14(11-12)17(21)18(4-2)16(13)20/h6-9,11H,3-5,10H2,1-2H3/b9-7+. The predicted octanol–water partition coefficient (Wildman–Crippen LogP) is 2.66. The highest BCUT2D eigenvalue weighted by molar-refractivity contribution is 6.21. The molecule has 0 saturated heterocycles. The number of ether oxygens (including phenoxy) is 1. The van der Waals surface area contributed by atoms with Crippen LogP contribution in [0.3, 0.4) is 0 Å². The highest BCUT2D eigenvalue weighted by Gasteiger charge is 2.34. The van der Waals surface area contributed by atoms with Crippen LogP contribution < -0.4 is 0 Å². The number of carbonyl (C=O) groups excluding carboxylic acids is 3. The van der Waals surface area contributed by atoms with Crippen LogP contribution in [0.1, 0.15) is 53.0 Å². The Labute approximate surface area is 129 Å². The van der Waals surface area contributed by atoms with Gasteiger partial charge in [-0.15, -0.1) is 0 Å². The fourth-order valence-corrected chi connectivity index (χ4v) is 2.23. The first-order valence-electron chi connectivity index (χ1n) is 7.43. The van der Waals surface area contributed by atoms with E-state index in [-0.39, 0.29) is 11.8 Å². The fraction of sp³-hybridized carbons (Fsp3) is 0.353. The van der Waals surface area contributed by atoms with E-state index < -0.39 is 5.97 Å². The molecule has 2 rings (SSSR count). The van der Waals surface area contributed by atoms with Gasteiger partial charge in [-0.2, -0.15) is 0 Å². The summed E-state index contributed by atoms with van der Waals surface area (Å²) in [6, 6.07) is 4.95. The van der Waals surface area contributed by atoms with E-state index in [0.717, 1.165) is 12.8 Å². The zero-order valence-electron chi connectivity index (χ0n) is 12.8. The lowest BCUT2D eigenvalue weighted by Gasteiger charge is -2.08. The Hall–Kier alpha value is -2.43. The van der Waals surface area contributed by atoms with Crippen molar-refractivity contribution in [3.63, 3.8) is 0 Å². The molecule has 5 nitrogen and oxygen atoms in total. The van der Waals surface area contributed by atoms with E-state index in [1.165, 1.54) is 11.0 Å². The van der Waals surface area contributed by atoms with Crippen LogP contribution in [0.4, 0.5) is 0 Å². The normalized spacial score (nSPS) is 13.8. The van der Waals surface area contributed by atoms with Gasteiger partial charge in [0.05, 0.1) is 17.7 Å². The van der Waals surface area contributed by atoms with E-state index >= 15 is 0 Å². The largest absolute Gasteiger partial charge is 0.463 e. The van der Waals surface area contributed by atoms with Gasteiger partial charge in [-0.05, 0) is 37.1 Å². The second kappa shape index (κ2) is 7.02. The number of imide groups is 1. The van der Waals surface area contributed by atoms with Gasteiger partial charge in [0.15, 0.2) is 0 Å². The summed E-state index contributed by atoms with van der Waals surface area (Å²) in [4.78, 5) is 36.8. The summed E-state index contributed by atoms with van der Waals surface area (Å²) in [5.41, 5.74) is 1.48. The lowest BCUT2D eigenvalue weighted by molar-refractivity contribution is -0.137. The first kappa shape index (κ1) is 15.9. The van der Waals surface area contributed by atoms with E-state index in [9.17, 15) is 14.4 Å². The van der Waals surface area contributed by atoms with Gasteiger partial charge in [0.1, 0.15) is 0 Å². The smallest absolute Gasteiger partial charge is 0.330 e. The highest BCUT2D eigenvalue weighted by Crippen LogP contribution is 2.24. The minimum absolute atomic E-state index is 0.267. The first-order valence-corrected chi connectivity index (χ1v) is 7.43. The third kappa shape index (κ3) is 3.24. The molecule has 1 aromatic carbocycles. The van der Waals surface area contributed by atoms with Crippen molar-refractivity contribution in [2.24, 2.45) is 0 Å². The van der Waals surface area contributed by atoms with Crippen LogP contribution in [0.25, 0.3) is 6.08 Å². The molecule has 1 aromatic rings. The van der Waals surface area contributed by atoms with E-state index in [1.807, 2.05) is 6.92 Å². The van der Waals surface area contributed by atoms with E-state index in [4.69, 9.17) is 4.74 Å². The summed E-state index contributed by atoms with van der Waals surface area (Å²) in [6.45, 7) is 4.53. The Bertz CT molecular complexity index is 634. The van der Waals surface area contributed by atoms with Crippen LogP contribution in [-0.4, -0.2) is 35.8 Å². The number of esters is 1. The van der Waals surface area contributed by atoms with Crippen LogP contribution in [0, 0.1) is 0 Å². The molecule has 0 fully saturated rings. The number of amides is 2. The quantitative estimate of drug-likeness (QED) is 0.351. The molecule has 1 aliphatic heterocycles. The zero-order chi connectivity index (χ0) is 16.1. The molecular formula is C17H19NO4. The second-order valence-corrected chi connectivity index (χ2v) is 5.01. The molecule has 0 N–H and O–H groups in total. The summed E-state index contributed by atoms with van der Waals surface area (Å²) in [6.07, 6.45) is 4.71. The number of benzene rings is 1. The molecule has 116 valence electrons. The van der Waals surface area contributed by atoms with Crippen LogP contribution in [-0.2, 0) is 9.53 Å². The molecule has 0 bridgehead atoms. The minimum Gasteiger partial charge on any atom is -0.463 e. The van der Waals surface area contributed by atoms with E-state index in [1.54, 1.807) is 31.2 Å². The maximum absolute atomic E-state index is 12.1. The van der Waals surface area contributed by atoms with Crippen molar-refractivity contribution >= 4 is 23.9 Å². The van der Waals surface area contributed by atoms with Crippen molar-refractivity contribution in [1.82, 2.24) is 4.90 Å². The Kier molecular flexibility index (Phi) is 5.09. The number of hydrogen-bond donors (Lipinski definition) is 0. The molecule has 22 heavy (non-hydrogen) atoms. The summed E-state index contributed by atoms with van der Waals surface area (Å²) in [5.74, 6) is -0.966. The Balaban J connectivity index is 2.10. The Morgan fingerprint density at radius 1 is 1.18 bits per heavy atom. The molecule has 0 aromatic heterocycles. The third-order valence-corrected chi connectivity index (χ3v) is 3.47. The summed E-state index contributed by atoms with van der Waals surface area (Å²) in [7, 11) is 0. The van der Waals surface area contributed by atoms with Gasteiger partial charge in [-0.1, -0.05) is 19.4 Å². The van der Waals surface area contributed by atoms with Gasteiger partial charge in [0.2, 0.25) is 0 Å². The average molecular weight is 301 g/mol. The third-order valence-electron chi connectivity index (χ3n) is 3.47. The first-order chi connectivity index (χ1) is 10.6. The number of unbranched alkanes of at least 4 members (excludes halogenated alkanes) is 1. The van der Waals surface area contributed by atoms with Gasteiger partial charge in [0.25, 0.3) is 11.8 Å². The van der Waals surface area contributed by atoms with Crippen LogP contribution in [0.15, 0.2) is 24.3 Å². The average Bonchev–Trinajstić information content (AvgIpc) is 2.76. The number of fused-ring (bicyclic) bond motifs is 1. The molecule has 0 aliphatic carbocycles. The number of rotatable bonds is 6. The van der Waals surface area contributed by atoms with Crippen molar-refractivity contribution in [1.29, 1.82) is 0 Å². The van der Waals surface area contributed by atoms with Gasteiger partial charge in [-0.25, -0.2) is 4.79 Å². The molecule has 0 saturated carbocycles. The minimum atomic E-state index is -0.411. The lowest BCUT2D eigenvalue weighted by atomic mass is 10.1. The monoisotopic (exact) mass is 301 g/mol. The maximum Gasteiger partial charge on any atom is 0.330 e. The SMILES string of the molecule is CCCCOC(=O)/C=C/c1ccc2c(c1)C(=O)N(CC)C2=O. The van der Waals surface area contributed by atoms with Gasteiger partial charge in [0, 0.05) is 12.6 Å². The summed E-state index contributed by atoms with van der Waals surface area (Å²) < 4.78 is 5.01. The molecule has 2 amide bonds. The molecular weight excluding hydrogens is 282 g/mol. The topological polar surface area (TPSA) is 63.7 Å². The van der Waals surface area contributed by atoms with Gasteiger partial charge in [-0.3, -0.25) is 14.5 Å². The van der Waals surface area contributed by atoms with Crippen molar-refractivity contribution in [3.8, 4) is 0 Å². The van der Waals surface area contributed by atoms with Crippen molar-refractivity contribution in [3.05, 3.63) is 41.0 Å². The predicted molar refractivity (Wildman–Crippen MR) is 82.4 cm³/mol. The van der Waals surface area contributed by atoms with Crippen molar-refractivity contribution in [2.45, 2.75) is 26.7 Å². The molecule has 0 radical (unpaired) electrons. The van der Waals surface area contributed by atoms with Crippen LogP contribution in [0.5, 0.6) is 0 Å². The number of carbonyl (C=O) groups is 3. The fourth-order valence-electron chi connectivity index (χ4n) is 2.23. The molecule has 0 atom stereocenters. The Morgan fingerprint density at radius 3 is 2.59 bits per heavy atom. The Morgan fingerprint density at radius 2 is 1.91 bits per heavy atom. The van der Waals surface area contributed by atoms with Crippen LogP contribution in [0.2, 0.25) is 0 Å². The highest BCUT2D eigenvalue weighted by atomic mass is 16.5. The lowest BCUT2D eigenvalue weighted by Crippen LogP contribution is -2.29. The molecule has 5 heteroatoms. The maximum atomic E-state index is 12.1. The van der Waals surface area contributed by atoms with Crippen molar-refractivity contribution < 1.29 is 19.1 Å². The van der Waals surface area contributed by atoms with E-state index in [0.29, 0.717) is 29.8 Å².